The van der Waals surface area contributed by atoms with Crippen LogP contribution in [-0.2, 0) is 0 Å². The molecule has 0 aliphatic carbocycles. The van der Waals surface area contributed by atoms with E-state index < -0.39 is 5.60 Å². The van der Waals surface area contributed by atoms with Gasteiger partial charge in [-0.25, -0.2) is 9.97 Å². The van der Waals surface area contributed by atoms with E-state index in [-0.39, 0.29) is 0 Å². The van der Waals surface area contributed by atoms with Gasteiger partial charge in [0.25, 0.3) is 0 Å². The summed E-state index contributed by atoms with van der Waals surface area (Å²) in [7, 11) is 1.90. The number of anilines is 2. The molecule has 0 radical (unpaired) electrons. The zero-order valence-electron chi connectivity index (χ0n) is 10.4. The standard InChI is InChI=1S/C11H20N4O/c1-5-12-9-6-10(14-8-13-9)15(4)7-11(2,3)16/h6,8,16H,5,7H2,1-4H3,(H,12,13,14). The van der Waals surface area contributed by atoms with Crippen molar-refractivity contribution < 1.29 is 5.11 Å². The number of nitrogens with zero attached hydrogens (tertiary/aromatic N) is 3. The molecule has 0 fully saturated rings. The molecule has 0 aliphatic rings. The second kappa shape index (κ2) is 5.12. The third-order valence-corrected chi connectivity index (χ3v) is 2.03. The van der Waals surface area contributed by atoms with E-state index in [1.807, 2.05) is 24.9 Å². The topological polar surface area (TPSA) is 61.3 Å². The minimum atomic E-state index is -0.738. The smallest absolute Gasteiger partial charge is 0.133 e. The Balaban J connectivity index is 2.75. The maximum Gasteiger partial charge on any atom is 0.133 e. The summed E-state index contributed by atoms with van der Waals surface area (Å²) < 4.78 is 0. The van der Waals surface area contributed by atoms with Crippen LogP contribution in [0.3, 0.4) is 0 Å². The van der Waals surface area contributed by atoms with Gasteiger partial charge in [-0.1, -0.05) is 0 Å². The van der Waals surface area contributed by atoms with Crippen LogP contribution in [0.2, 0.25) is 0 Å². The number of aromatic nitrogens is 2. The van der Waals surface area contributed by atoms with Crippen LogP contribution in [-0.4, -0.2) is 40.8 Å². The molecule has 1 rings (SSSR count). The summed E-state index contributed by atoms with van der Waals surface area (Å²) in [4.78, 5) is 10.2. The third-order valence-electron chi connectivity index (χ3n) is 2.03. The Kier molecular flexibility index (Phi) is 4.06. The lowest BCUT2D eigenvalue weighted by atomic mass is 10.1. The van der Waals surface area contributed by atoms with Crippen LogP contribution in [0.15, 0.2) is 12.4 Å². The van der Waals surface area contributed by atoms with Crippen LogP contribution in [0.5, 0.6) is 0 Å². The van der Waals surface area contributed by atoms with Crippen molar-refractivity contribution in [1.29, 1.82) is 0 Å². The average Bonchev–Trinajstić information content (AvgIpc) is 2.16. The van der Waals surface area contributed by atoms with Crippen molar-refractivity contribution in [3.8, 4) is 0 Å². The van der Waals surface area contributed by atoms with Crippen molar-refractivity contribution in [2.45, 2.75) is 26.4 Å². The first-order chi connectivity index (χ1) is 7.42. The van der Waals surface area contributed by atoms with E-state index in [1.165, 1.54) is 6.33 Å². The molecule has 0 saturated heterocycles. The number of nitrogens with one attached hydrogen (secondary N) is 1. The number of hydrogen-bond acceptors (Lipinski definition) is 5. The Morgan fingerprint density at radius 3 is 2.69 bits per heavy atom. The zero-order valence-corrected chi connectivity index (χ0v) is 10.4. The Labute approximate surface area is 96.5 Å². The molecule has 2 N–H and O–H groups in total. The quantitative estimate of drug-likeness (QED) is 0.784. The largest absolute Gasteiger partial charge is 0.389 e. The highest BCUT2D eigenvalue weighted by molar-refractivity contribution is 5.47. The molecular weight excluding hydrogens is 204 g/mol. The van der Waals surface area contributed by atoms with Crippen LogP contribution in [0.4, 0.5) is 11.6 Å². The molecule has 16 heavy (non-hydrogen) atoms. The molecule has 1 aromatic heterocycles. The molecule has 0 amide bonds. The van der Waals surface area contributed by atoms with E-state index in [0.717, 1.165) is 18.2 Å². The Bertz CT molecular complexity index is 335. The van der Waals surface area contributed by atoms with Gasteiger partial charge >= 0.3 is 0 Å². The molecule has 0 bridgehead atoms. The molecule has 0 spiro atoms. The molecule has 0 unspecified atom stereocenters. The van der Waals surface area contributed by atoms with Gasteiger partial charge in [0.2, 0.25) is 0 Å². The van der Waals surface area contributed by atoms with Gasteiger partial charge in [-0.15, -0.1) is 0 Å². The molecule has 5 nitrogen and oxygen atoms in total. The normalized spacial score (nSPS) is 11.3. The van der Waals surface area contributed by atoms with Crippen molar-refractivity contribution >= 4 is 11.6 Å². The first-order valence-electron chi connectivity index (χ1n) is 5.42. The van der Waals surface area contributed by atoms with Crippen molar-refractivity contribution in [1.82, 2.24) is 9.97 Å². The van der Waals surface area contributed by atoms with Gasteiger partial charge < -0.3 is 15.3 Å². The van der Waals surface area contributed by atoms with E-state index in [9.17, 15) is 5.11 Å². The Morgan fingerprint density at radius 1 is 1.44 bits per heavy atom. The summed E-state index contributed by atoms with van der Waals surface area (Å²) in [5, 5.41) is 12.8. The first kappa shape index (κ1) is 12.7. The maximum absolute atomic E-state index is 9.72. The highest BCUT2D eigenvalue weighted by Gasteiger charge is 2.16. The van der Waals surface area contributed by atoms with Gasteiger partial charge in [0.05, 0.1) is 5.60 Å². The van der Waals surface area contributed by atoms with Crippen LogP contribution in [0, 0.1) is 0 Å². The van der Waals surface area contributed by atoms with E-state index in [2.05, 4.69) is 15.3 Å². The summed E-state index contributed by atoms with van der Waals surface area (Å²) in [6.45, 7) is 6.91. The predicted molar refractivity (Wildman–Crippen MR) is 65.8 cm³/mol. The fourth-order valence-corrected chi connectivity index (χ4v) is 1.49. The lowest BCUT2D eigenvalue weighted by Gasteiger charge is -2.26. The summed E-state index contributed by atoms with van der Waals surface area (Å²) in [6.07, 6.45) is 1.52. The monoisotopic (exact) mass is 224 g/mol. The average molecular weight is 224 g/mol. The SMILES string of the molecule is CCNc1cc(N(C)CC(C)(C)O)ncn1. The summed E-state index contributed by atoms with van der Waals surface area (Å²) in [5.41, 5.74) is -0.738. The van der Waals surface area contributed by atoms with E-state index in [0.29, 0.717) is 6.54 Å². The summed E-state index contributed by atoms with van der Waals surface area (Å²) in [5.74, 6) is 1.60. The molecule has 1 heterocycles. The molecule has 5 heteroatoms. The van der Waals surface area contributed by atoms with E-state index in [1.54, 1.807) is 13.8 Å². The Morgan fingerprint density at radius 2 is 2.12 bits per heavy atom. The first-order valence-corrected chi connectivity index (χ1v) is 5.42. The van der Waals surface area contributed by atoms with E-state index >= 15 is 0 Å². The maximum atomic E-state index is 9.72. The molecule has 0 saturated carbocycles. The van der Waals surface area contributed by atoms with Crippen LogP contribution < -0.4 is 10.2 Å². The van der Waals surface area contributed by atoms with Gasteiger partial charge in [-0.2, -0.15) is 0 Å². The summed E-state index contributed by atoms with van der Waals surface area (Å²) >= 11 is 0. The van der Waals surface area contributed by atoms with Gasteiger partial charge in [0.15, 0.2) is 0 Å². The Hall–Kier alpha value is -1.36. The minimum absolute atomic E-state index is 0.523. The van der Waals surface area contributed by atoms with Gasteiger partial charge in [0.1, 0.15) is 18.0 Å². The number of likely N-dealkylation sites (N-methyl/N-ethyl adjacent to an activating group) is 1. The predicted octanol–water partition coefficient (Wildman–Crippen LogP) is 1.12. The van der Waals surface area contributed by atoms with Gasteiger partial charge in [-0.05, 0) is 20.8 Å². The molecule has 0 atom stereocenters. The summed E-state index contributed by atoms with van der Waals surface area (Å²) in [6, 6.07) is 1.87. The van der Waals surface area contributed by atoms with Crippen molar-refractivity contribution in [2.75, 3.05) is 30.4 Å². The van der Waals surface area contributed by atoms with Crippen molar-refractivity contribution in [2.24, 2.45) is 0 Å². The van der Waals surface area contributed by atoms with Gasteiger partial charge in [-0.3, -0.25) is 0 Å². The molecular formula is C11H20N4O. The third kappa shape index (κ3) is 4.02. The van der Waals surface area contributed by atoms with Crippen LogP contribution in [0.1, 0.15) is 20.8 Å². The minimum Gasteiger partial charge on any atom is -0.389 e. The second-order valence-electron chi connectivity index (χ2n) is 4.46. The highest BCUT2D eigenvalue weighted by Crippen LogP contribution is 2.15. The molecule has 0 aromatic carbocycles. The van der Waals surface area contributed by atoms with Gasteiger partial charge in [0, 0.05) is 26.2 Å². The van der Waals surface area contributed by atoms with Crippen LogP contribution >= 0.6 is 0 Å². The molecule has 1 aromatic rings. The van der Waals surface area contributed by atoms with Crippen LogP contribution in [0.25, 0.3) is 0 Å². The van der Waals surface area contributed by atoms with E-state index in [4.69, 9.17) is 0 Å². The fourth-order valence-electron chi connectivity index (χ4n) is 1.49. The molecule has 90 valence electrons. The second-order valence-corrected chi connectivity index (χ2v) is 4.46. The van der Waals surface area contributed by atoms with Crippen molar-refractivity contribution in [3.63, 3.8) is 0 Å². The number of rotatable bonds is 5. The lowest BCUT2D eigenvalue weighted by molar-refractivity contribution is 0.0884. The zero-order chi connectivity index (χ0) is 12.2. The fraction of sp³-hybridized carbons (Fsp3) is 0.636. The highest BCUT2D eigenvalue weighted by atomic mass is 16.3. The lowest BCUT2D eigenvalue weighted by Crippen LogP contribution is -2.36. The van der Waals surface area contributed by atoms with Crippen molar-refractivity contribution in [3.05, 3.63) is 12.4 Å². The number of aliphatic hydroxyl groups is 1. The molecule has 0 aliphatic heterocycles. The number of hydrogen-bond donors (Lipinski definition) is 2.